The minimum atomic E-state index is -6.16. The minimum Gasteiger partial charge on any atom is -0.399 e. The molecule has 1 fully saturated rings. The van der Waals surface area contributed by atoms with Crippen LogP contribution in [0.25, 0.3) is 0 Å². The van der Waals surface area contributed by atoms with Crippen molar-refractivity contribution in [1.29, 1.82) is 0 Å². The third kappa shape index (κ3) is 3.35. The SMILES string of the molecule is Cc1cc(C(F)(C(F)(F)F)C(F)(F)F)cc(C)c1B1OC(C)(C)C(C)(C)O1. The zero-order valence-corrected chi connectivity index (χ0v) is 15.7. The first-order valence-corrected chi connectivity index (χ1v) is 8.15. The van der Waals surface area contributed by atoms with Crippen molar-refractivity contribution in [2.75, 3.05) is 0 Å². The van der Waals surface area contributed by atoms with E-state index in [-0.39, 0.29) is 16.6 Å². The zero-order valence-electron chi connectivity index (χ0n) is 15.7. The van der Waals surface area contributed by atoms with Crippen molar-refractivity contribution >= 4 is 12.6 Å². The van der Waals surface area contributed by atoms with Gasteiger partial charge >= 0.3 is 25.1 Å². The van der Waals surface area contributed by atoms with Crippen LogP contribution in [0.1, 0.15) is 44.4 Å². The van der Waals surface area contributed by atoms with Crippen LogP contribution in [0.2, 0.25) is 0 Å². The van der Waals surface area contributed by atoms with Gasteiger partial charge in [-0.2, -0.15) is 26.3 Å². The Labute approximate surface area is 153 Å². The molecule has 1 heterocycles. The number of alkyl halides is 7. The quantitative estimate of drug-likeness (QED) is 0.520. The van der Waals surface area contributed by atoms with Gasteiger partial charge in [0.1, 0.15) is 0 Å². The lowest BCUT2D eigenvalue weighted by molar-refractivity contribution is -0.348. The summed E-state index contributed by atoms with van der Waals surface area (Å²) < 4.78 is 104. The first-order chi connectivity index (χ1) is 11.8. The fourth-order valence-corrected chi connectivity index (χ4v) is 2.99. The number of hydrogen-bond donors (Lipinski definition) is 0. The molecule has 0 aromatic heterocycles. The van der Waals surface area contributed by atoms with Crippen molar-refractivity contribution in [3.05, 3.63) is 28.8 Å². The molecule has 1 aromatic carbocycles. The third-order valence-electron chi connectivity index (χ3n) is 5.26. The highest BCUT2D eigenvalue weighted by Gasteiger charge is 2.73. The molecule has 0 aliphatic carbocycles. The van der Waals surface area contributed by atoms with Crippen LogP contribution in [0.4, 0.5) is 30.7 Å². The second-order valence-electron chi connectivity index (χ2n) is 7.77. The Kier molecular flexibility index (Phi) is 4.98. The number of halogens is 7. The van der Waals surface area contributed by atoms with Gasteiger partial charge in [-0.25, -0.2) is 4.39 Å². The third-order valence-corrected chi connectivity index (χ3v) is 5.26. The van der Waals surface area contributed by atoms with E-state index >= 15 is 0 Å². The van der Waals surface area contributed by atoms with Crippen LogP contribution in [-0.2, 0) is 15.0 Å². The van der Waals surface area contributed by atoms with Gasteiger partial charge in [0.05, 0.1) is 11.2 Å². The molecule has 10 heteroatoms. The molecule has 0 amide bonds. The van der Waals surface area contributed by atoms with E-state index in [4.69, 9.17) is 9.31 Å². The van der Waals surface area contributed by atoms with Gasteiger partial charge < -0.3 is 9.31 Å². The van der Waals surface area contributed by atoms with Gasteiger partial charge in [0.25, 0.3) is 0 Å². The van der Waals surface area contributed by atoms with Gasteiger partial charge in [-0.15, -0.1) is 0 Å². The van der Waals surface area contributed by atoms with Crippen molar-refractivity contribution in [2.24, 2.45) is 0 Å². The molecule has 152 valence electrons. The van der Waals surface area contributed by atoms with Crippen molar-refractivity contribution < 1.29 is 40.0 Å². The van der Waals surface area contributed by atoms with Gasteiger partial charge in [-0.3, -0.25) is 0 Å². The van der Waals surface area contributed by atoms with E-state index in [9.17, 15) is 30.7 Å². The lowest BCUT2D eigenvalue weighted by Gasteiger charge is -2.32. The molecule has 2 rings (SSSR count). The molecule has 0 atom stereocenters. The molecule has 0 spiro atoms. The molecule has 1 aliphatic heterocycles. The molecule has 1 saturated heterocycles. The van der Waals surface area contributed by atoms with Crippen molar-refractivity contribution in [1.82, 2.24) is 0 Å². The van der Waals surface area contributed by atoms with Gasteiger partial charge in [0.15, 0.2) is 0 Å². The number of rotatable bonds is 2. The highest BCUT2D eigenvalue weighted by molar-refractivity contribution is 6.63. The normalized spacial score (nSPS) is 20.3. The van der Waals surface area contributed by atoms with Crippen molar-refractivity contribution in [3.8, 4) is 0 Å². The molecule has 1 aromatic rings. The summed E-state index contributed by atoms with van der Waals surface area (Å²) in [6, 6.07) is 1.10. The lowest BCUT2D eigenvalue weighted by atomic mass is 9.72. The standard InChI is InChI=1S/C17H20BF7O2/c1-9-7-11(15(19,16(20,21)22)17(23,24)25)8-10(2)12(9)18-26-13(3,4)14(5,6)27-18/h7-8H,1-6H3. The molecule has 27 heavy (non-hydrogen) atoms. The highest BCUT2D eigenvalue weighted by atomic mass is 19.4. The Hall–Kier alpha value is -1.29. The molecule has 0 saturated carbocycles. The Morgan fingerprint density at radius 2 is 1.07 bits per heavy atom. The number of aryl methyl sites for hydroxylation is 2. The second kappa shape index (κ2) is 6.11. The first kappa shape index (κ1) is 22.0. The van der Waals surface area contributed by atoms with E-state index in [0.717, 1.165) is 0 Å². The van der Waals surface area contributed by atoms with E-state index in [2.05, 4.69) is 0 Å². The fraction of sp³-hybridized carbons (Fsp3) is 0.647. The fourth-order valence-electron chi connectivity index (χ4n) is 2.99. The smallest absolute Gasteiger partial charge is 0.399 e. The van der Waals surface area contributed by atoms with Crippen molar-refractivity contribution in [3.63, 3.8) is 0 Å². The Balaban J connectivity index is 2.59. The second-order valence-corrected chi connectivity index (χ2v) is 7.77. The monoisotopic (exact) mass is 400 g/mol. The molecule has 0 N–H and O–H groups in total. The van der Waals surface area contributed by atoms with E-state index < -0.39 is 41.9 Å². The Bertz CT molecular complexity index is 685. The summed E-state index contributed by atoms with van der Waals surface area (Å²) in [5, 5.41) is 0. The maximum atomic E-state index is 14.3. The van der Waals surface area contributed by atoms with Gasteiger partial charge in [0.2, 0.25) is 0 Å². The van der Waals surface area contributed by atoms with E-state index in [1.54, 1.807) is 27.7 Å². The Morgan fingerprint density at radius 3 is 1.37 bits per heavy atom. The highest BCUT2D eigenvalue weighted by Crippen LogP contribution is 2.53. The summed E-state index contributed by atoms with van der Waals surface area (Å²) in [7, 11) is -0.991. The lowest BCUT2D eigenvalue weighted by Crippen LogP contribution is -2.51. The predicted octanol–water partition coefficient (Wildman–Crippen LogP) is 4.89. The van der Waals surface area contributed by atoms with E-state index in [1.165, 1.54) is 13.8 Å². The molecular weight excluding hydrogens is 380 g/mol. The topological polar surface area (TPSA) is 18.5 Å². The molecular formula is C17H20BF7O2. The Morgan fingerprint density at radius 1 is 0.741 bits per heavy atom. The van der Waals surface area contributed by atoms with Crippen LogP contribution >= 0.6 is 0 Å². The summed E-state index contributed by atoms with van der Waals surface area (Å²) in [5.74, 6) is 0. The van der Waals surface area contributed by atoms with E-state index in [1.807, 2.05) is 0 Å². The van der Waals surface area contributed by atoms with Gasteiger partial charge in [0, 0.05) is 5.56 Å². The molecule has 0 bridgehead atoms. The molecule has 0 unspecified atom stereocenters. The van der Waals surface area contributed by atoms with Crippen LogP contribution in [0.3, 0.4) is 0 Å². The summed E-state index contributed by atoms with van der Waals surface area (Å²) >= 11 is 0. The first-order valence-electron chi connectivity index (χ1n) is 8.15. The van der Waals surface area contributed by atoms with Gasteiger partial charge in [-0.1, -0.05) is 23.3 Å². The molecule has 1 aliphatic rings. The average molecular weight is 400 g/mol. The predicted molar refractivity (Wildman–Crippen MR) is 86.5 cm³/mol. The summed E-state index contributed by atoms with van der Waals surface area (Å²) in [6.07, 6.45) is -12.3. The van der Waals surface area contributed by atoms with Crippen LogP contribution in [-0.4, -0.2) is 30.7 Å². The van der Waals surface area contributed by atoms with Crippen LogP contribution < -0.4 is 5.46 Å². The summed E-state index contributed by atoms with van der Waals surface area (Å²) in [6.45, 7) is 9.61. The van der Waals surface area contributed by atoms with E-state index in [0.29, 0.717) is 12.1 Å². The minimum absolute atomic E-state index is 0.0130. The maximum absolute atomic E-state index is 14.3. The molecule has 2 nitrogen and oxygen atoms in total. The van der Waals surface area contributed by atoms with Crippen LogP contribution in [0.5, 0.6) is 0 Å². The van der Waals surface area contributed by atoms with Crippen LogP contribution in [0, 0.1) is 13.8 Å². The van der Waals surface area contributed by atoms with Gasteiger partial charge in [-0.05, 0) is 47.0 Å². The number of hydrogen-bond acceptors (Lipinski definition) is 2. The number of benzene rings is 1. The molecule has 0 radical (unpaired) electrons. The maximum Gasteiger partial charge on any atom is 0.495 e. The summed E-state index contributed by atoms with van der Waals surface area (Å²) in [4.78, 5) is 0. The zero-order chi connectivity index (χ0) is 21.2. The van der Waals surface area contributed by atoms with Crippen molar-refractivity contribution in [2.45, 2.75) is 70.8 Å². The average Bonchev–Trinajstić information content (AvgIpc) is 2.62. The largest absolute Gasteiger partial charge is 0.495 e. The van der Waals surface area contributed by atoms with Crippen LogP contribution in [0.15, 0.2) is 12.1 Å². The summed E-state index contributed by atoms with van der Waals surface area (Å²) in [5.41, 5.74) is -8.18.